The molecule has 6 heteroatoms. The lowest BCUT2D eigenvalue weighted by molar-refractivity contribution is -0.0327. The zero-order valence-electron chi connectivity index (χ0n) is 9.68. The molecule has 0 radical (unpaired) electrons. The molecule has 1 N–H and O–H groups in total. The highest BCUT2D eigenvalue weighted by atomic mass is 32.2. The first kappa shape index (κ1) is 14.1. The SMILES string of the molecule is CC(C)N1CCC(NCCSC(F)(F)F)C1. The van der Waals surface area contributed by atoms with Gasteiger partial charge in [-0.05, 0) is 38.6 Å². The lowest BCUT2D eigenvalue weighted by Gasteiger charge is -2.20. The van der Waals surface area contributed by atoms with Gasteiger partial charge in [0.05, 0.1) is 0 Å². The van der Waals surface area contributed by atoms with Crippen LogP contribution in [-0.4, -0.2) is 47.9 Å². The van der Waals surface area contributed by atoms with Crippen LogP contribution >= 0.6 is 11.8 Å². The van der Waals surface area contributed by atoms with E-state index in [2.05, 4.69) is 24.1 Å². The maximum absolute atomic E-state index is 11.9. The van der Waals surface area contributed by atoms with Crippen LogP contribution in [0.4, 0.5) is 13.2 Å². The second-order valence-corrected chi connectivity index (χ2v) is 5.48. The van der Waals surface area contributed by atoms with E-state index in [-0.39, 0.29) is 17.5 Å². The quantitative estimate of drug-likeness (QED) is 0.760. The topological polar surface area (TPSA) is 15.3 Å². The van der Waals surface area contributed by atoms with Gasteiger partial charge in [-0.3, -0.25) is 4.90 Å². The Bertz CT molecular complexity index is 209. The monoisotopic (exact) mass is 256 g/mol. The van der Waals surface area contributed by atoms with Crippen LogP contribution in [0.2, 0.25) is 0 Å². The Morgan fingerprint density at radius 2 is 2.12 bits per heavy atom. The molecule has 0 aromatic carbocycles. The number of nitrogens with one attached hydrogen (secondary N) is 1. The number of nitrogens with zero attached hydrogens (tertiary/aromatic N) is 1. The number of halogens is 3. The lowest BCUT2D eigenvalue weighted by Crippen LogP contribution is -2.36. The van der Waals surface area contributed by atoms with Crippen molar-refractivity contribution in [2.45, 2.75) is 37.9 Å². The zero-order chi connectivity index (χ0) is 12.2. The highest BCUT2D eigenvalue weighted by molar-refractivity contribution is 8.00. The first-order chi connectivity index (χ1) is 7.38. The summed E-state index contributed by atoms with van der Waals surface area (Å²) in [5.74, 6) is 0.0989. The summed E-state index contributed by atoms with van der Waals surface area (Å²) < 4.78 is 35.6. The summed E-state index contributed by atoms with van der Waals surface area (Å²) in [5.41, 5.74) is -4.10. The Morgan fingerprint density at radius 1 is 1.44 bits per heavy atom. The molecule has 1 aliphatic rings. The van der Waals surface area contributed by atoms with E-state index < -0.39 is 5.51 Å². The second kappa shape index (κ2) is 6.12. The standard InChI is InChI=1S/C10H19F3N2S/c1-8(2)15-5-3-9(7-15)14-4-6-16-10(11,12)13/h8-9,14H,3-7H2,1-2H3. The molecule has 1 unspecified atom stereocenters. The maximum atomic E-state index is 11.9. The number of alkyl halides is 3. The number of hydrogen-bond donors (Lipinski definition) is 1. The summed E-state index contributed by atoms with van der Waals surface area (Å²) in [6.45, 7) is 6.71. The molecular formula is C10H19F3N2S. The van der Waals surface area contributed by atoms with Crippen LogP contribution < -0.4 is 5.32 Å². The van der Waals surface area contributed by atoms with Crippen molar-refractivity contribution in [3.63, 3.8) is 0 Å². The fourth-order valence-electron chi connectivity index (χ4n) is 1.85. The fraction of sp³-hybridized carbons (Fsp3) is 1.00. The van der Waals surface area contributed by atoms with Gasteiger partial charge in [-0.2, -0.15) is 13.2 Å². The third-order valence-corrected chi connectivity index (χ3v) is 3.49. The molecule has 0 aromatic rings. The molecule has 1 saturated heterocycles. The largest absolute Gasteiger partial charge is 0.441 e. The molecule has 0 amide bonds. The molecule has 0 aliphatic carbocycles. The van der Waals surface area contributed by atoms with Crippen molar-refractivity contribution in [2.75, 3.05) is 25.4 Å². The van der Waals surface area contributed by atoms with Crippen molar-refractivity contribution in [1.29, 1.82) is 0 Å². The summed E-state index contributed by atoms with van der Waals surface area (Å²) >= 11 is 0.0479. The van der Waals surface area contributed by atoms with E-state index in [0.29, 0.717) is 18.6 Å². The van der Waals surface area contributed by atoms with Gasteiger partial charge in [0.1, 0.15) is 0 Å². The number of rotatable bonds is 5. The van der Waals surface area contributed by atoms with E-state index in [1.807, 2.05) is 0 Å². The van der Waals surface area contributed by atoms with E-state index in [9.17, 15) is 13.2 Å². The van der Waals surface area contributed by atoms with E-state index in [0.717, 1.165) is 19.5 Å². The smallest absolute Gasteiger partial charge is 0.312 e. The maximum Gasteiger partial charge on any atom is 0.441 e. The van der Waals surface area contributed by atoms with Gasteiger partial charge in [-0.15, -0.1) is 0 Å². The minimum absolute atomic E-state index is 0.0479. The molecule has 1 atom stereocenters. The van der Waals surface area contributed by atoms with Crippen LogP contribution in [0.15, 0.2) is 0 Å². The summed E-state index contributed by atoms with van der Waals surface area (Å²) in [4.78, 5) is 2.34. The van der Waals surface area contributed by atoms with Crippen LogP contribution in [0.1, 0.15) is 20.3 Å². The normalized spacial score (nSPS) is 23.2. The number of hydrogen-bond acceptors (Lipinski definition) is 3. The molecule has 1 fully saturated rings. The van der Waals surface area contributed by atoms with Gasteiger partial charge in [0, 0.05) is 30.9 Å². The van der Waals surface area contributed by atoms with Crippen LogP contribution in [0.5, 0.6) is 0 Å². The number of likely N-dealkylation sites (tertiary alicyclic amines) is 1. The predicted octanol–water partition coefficient (Wildman–Crippen LogP) is 2.31. The van der Waals surface area contributed by atoms with E-state index >= 15 is 0 Å². The van der Waals surface area contributed by atoms with Crippen molar-refractivity contribution in [2.24, 2.45) is 0 Å². The molecule has 0 saturated carbocycles. The van der Waals surface area contributed by atoms with Crippen molar-refractivity contribution < 1.29 is 13.2 Å². The zero-order valence-corrected chi connectivity index (χ0v) is 10.5. The van der Waals surface area contributed by atoms with Gasteiger partial charge in [0.15, 0.2) is 0 Å². The van der Waals surface area contributed by atoms with Gasteiger partial charge in [-0.25, -0.2) is 0 Å². The van der Waals surface area contributed by atoms with Crippen molar-refractivity contribution in [3.05, 3.63) is 0 Å². The molecule has 1 rings (SSSR count). The van der Waals surface area contributed by atoms with Crippen molar-refractivity contribution in [1.82, 2.24) is 10.2 Å². The van der Waals surface area contributed by atoms with E-state index in [1.54, 1.807) is 0 Å². The van der Waals surface area contributed by atoms with Gasteiger partial charge in [0.2, 0.25) is 0 Å². The minimum Gasteiger partial charge on any atom is -0.312 e. The summed E-state index contributed by atoms with van der Waals surface area (Å²) in [6.07, 6.45) is 1.04. The Balaban J connectivity index is 2.07. The van der Waals surface area contributed by atoms with Gasteiger partial charge in [-0.1, -0.05) is 0 Å². The Morgan fingerprint density at radius 3 is 2.62 bits per heavy atom. The summed E-state index contributed by atoms with van der Waals surface area (Å²) in [6, 6.07) is 0.882. The second-order valence-electron chi connectivity index (χ2n) is 4.32. The molecule has 16 heavy (non-hydrogen) atoms. The van der Waals surface area contributed by atoms with Gasteiger partial charge in [0.25, 0.3) is 0 Å². The molecule has 1 heterocycles. The predicted molar refractivity (Wildman–Crippen MR) is 61.6 cm³/mol. The van der Waals surface area contributed by atoms with Crippen LogP contribution in [0.3, 0.4) is 0 Å². The molecule has 96 valence electrons. The van der Waals surface area contributed by atoms with Crippen LogP contribution in [0, 0.1) is 0 Å². The molecule has 0 bridgehead atoms. The molecule has 2 nitrogen and oxygen atoms in total. The molecule has 0 spiro atoms. The highest BCUT2D eigenvalue weighted by Gasteiger charge is 2.28. The van der Waals surface area contributed by atoms with Crippen molar-refractivity contribution in [3.8, 4) is 0 Å². The summed E-state index contributed by atoms with van der Waals surface area (Å²) in [5, 5.41) is 3.18. The fourth-order valence-corrected chi connectivity index (χ4v) is 2.30. The van der Waals surface area contributed by atoms with Gasteiger partial charge < -0.3 is 5.32 Å². The Kier molecular flexibility index (Phi) is 5.40. The Hall–Kier alpha value is 0.0600. The first-order valence-electron chi connectivity index (χ1n) is 5.56. The number of thioether (sulfide) groups is 1. The first-order valence-corrected chi connectivity index (χ1v) is 6.55. The van der Waals surface area contributed by atoms with Gasteiger partial charge >= 0.3 is 5.51 Å². The molecule has 0 aromatic heterocycles. The summed E-state index contributed by atoms with van der Waals surface area (Å²) in [7, 11) is 0. The van der Waals surface area contributed by atoms with E-state index in [4.69, 9.17) is 0 Å². The highest BCUT2D eigenvalue weighted by Crippen LogP contribution is 2.29. The Labute approximate surface area is 98.9 Å². The minimum atomic E-state index is -4.10. The van der Waals surface area contributed by atoms with E-state index in [1.165, 1.54) is 0 Å². The third-order valence-electron chi connectivity index (χ3n) is 2.75. The van der Waals surface area contributed by atoms with Crippen molar-refractivity contribution >= 4 is 11.8 Å². The molecular weight excluding hydrogens is 237 g/mol. The lowest BCUT2D eigenvalue weighted by atomic mass is 10.3. The van der Waals surface area contributed by atoms with Crippen LogP contribution in [-0.2, 0) is 0 Å². The van der Waals surface area contributed by atoms with Crippen LogP contribution in [0.25, 0.3) is 0 Å². The average molecular weight is 256 g/mol. The average Bonchev–Trinajstić information content (AvgIpc) is 2.59. The molecule has 1 aliphatic heterocycles. The third kappa shape index (κ3) is 5.41.